The molecule has 2 aromatic carbocycles. The molecule has 4 nitrogen and oxygen atoms in total. The molecule has 0 N–H and O–H groups in total. The van der Waals surface area contributed by atoms with E-state index in [9.17, 15) is 13.6 Å². The third-order valence-corrected chi connectivity index (χ3v) is 4.23. The van der Waals surface area contributed by atoms with Gasteiger partial charge in [-0.25, -0.2) is 8.78 Å². The Balaban J connectivity index is 1.92. The molecule has 1 heterocycles. The molecular formula is C20H14BrF2N3O. The molecule has 3 aromatic rings. The Labute approximate surface area is 163 Å². The van der Waals surface area contributed by atoms with E-state index in [0.29, 0.717) is 5.69 Å². The lowest BCUT2D eigenvalue weighted by Gasteiger charge is -2.22. The summed E-state index contributed by atoms with van der Waals surface area (Å²) >= 11 is 3.35. The zero-order valence-electron chi connectivity index (χ0n) is 14.0. The second-order valence-electron chi connectivity index (χ2n) is 5.61. The second kappa shape index (κ2) is 8.64. The summed E-state index contributed by atoms with van der Waals surface area (Å²) in [5.74, 6) is -1.98. The fourth-order valence-corrected chi connectivity index (χ4v) is 2.66. The van der Waals surface area contributed by atoms with Gasteiger partial charge in [-0.2, -0.15) is 0 Å². The summed E-state index contributed by atoms with van der Waals surface area (Å²) in [7, 11) is 0. The van der Waals surface area contributed by atoms with Crippen molar-refractivity contribution < 1.29 is 13.6 Å². The predicted molar refractivity (Wildman–Crippen MR) is 103 cm³/mol. The summed E-state index contributed by atoms with van der Waals surface area (Å²) in [6.07, 6.45) is 7.30. The fourth-order valence-electron chi connectivity index (χ4n) is 2.40. The van der Waals surface area contributed by atoms with Crippen molar-refractivity contribution in [3.63, 3.8) is 0 Å². The van der Waals surface area contributed by atoms with Crippen LogP contribution < -0.4 is 4.90 Å². The van der Waals surface area contributed by atoms with Crippen molar-refractivity contribution in [2.45, 2.75) is 6.54 Å². The number of nitrogens with zero attached hydrogens (tertiary/aromatic N) is 3. The Hall–Kier alpha value is -2.93. The highest BCUT2D eigenvalue weighted by molar-refractivity contribution is 9.10. The Morgan fingerprint density at radius 2 is 1.89 bits per heavy atom. The van der Waals surface area contributed by atoms with Crippen LogP contribution in [0.15, 0.2) is 71.6 Å². The van der Waals surface area contributed by atoms with Crippen molar-refractivity contribution in [3.8, 4) is 0 Å². The molecule has 0 aliphatic carbocycles. The van der Waals surface area contributed by atoms with Gasteiger partial charge >= 0.3 is 0 Å². The van der Waals surface area contributed by atoms with Gasteiger partial charge in [-0.05, 0) is 35.9 Å². The summed E-state index contributed by atoms with van der Waals surface area (Å²) in [5.41, 5.74) is 1.28. The number of carbonyl (C=O) groups is 1. The Morgan fingerprint density at radius 1 is 1.11 bits per heavy atom. The summed E-state index contributed by atoms with van der Waals surface area (Å²) in [6, 6.07) is 10.4. The monoisotopic (exact) mass is 429 g/mol. The summed E-state index contributed by atoms with van der Waals surface area (Å²) in [6.45, 7) is 0.124. The van der Waals surface area contributed by atoms with E-state index in [4.69, 9.17) is 0 Å². The summed E-state index contributed by atoms with van der Waals surface area (Å²) < 4.78 is 28.5. The van der Waals surface area contributed by atoms with Crippen molar-refractivity contribution in [2.24, 2.45) is 0 Å². The van der Waals surface area contributed by atoms with Crippen LogP contribution in [-0.4, -0.2) is 15.9 Å². The number of anilines is 1. The van der Waals surface area contributed by atoms with E-state index in [1.165, 1.54) is 41.7 Å². The molecule has 0 saturated heterocycles. The molecular weight excluding hydrogens is 416 g/mol. The SMILES string of the molecule is O=C(C=Cc1cnccn1)N(Cc1ccc(Br)cc1)c1ccc(F)cc1F. The van der Waals surface area contributed by atoms with Crippen molar-refractivity contribution in [2.75, 3.05) is 4.90 Å². The van der Waals surface area contributed by atoms with E-state index >= 15 is 0 Å². The maximum Gasteiger partial charge on any atom is 0.251 e. The number of halogens is 3. The molecule has 7 heteroatoms. The highest BCUT2D eigenvalue weighted by atomic mass is 79.9. The van der Waals surface area contributed by atoms with Crippen LogP contribution in [0.4, 0.5) is 14.5 Å². The molecule has 27 heavy (non-hydrogen) atoms. The smallest absolute Gasteiger partial charge is 0.251 e. The van der Waals surface area contributed by atoms with Gasteiger partial charge in [-0.1, -0.05) is 28.1 Å². The lowest BCUT2D eigenvalue weighted by Crippen LogP contribution is -2.29. The topological polar surface area (TPSA) is 46.1 Å². The third-order valence-electron chi connectivity index (χ3n) is 3.70. The van der Waals surface area contributed by atoms with Crippen LogP contribution in [0.1, 0.15) is 11.3 Å². The average Bonchev–Trinajstić information content (AvgIpc) is 2.67. The van der Waals surface area contributed by atoms with Crippen LogP contribution in [0.5, 0.6) is 0 Å². The molecule has 3 rings (SSSR count). The minimum atomic E-state index is -0.812. The zero-order chi connectivity index (χ0) is 19.2. The van der Waals surface area contributed by atoms with Crippen molar-refractivity contribution in [1.82, 2.24) is 9.97 Å². The van der Waals surface area contributed by atoms with E-state index in [-0.39, 0.29) is 12.2 Å². The highest BCUT2D eigenvalue weighted by Gasteiger charge is 2.18. The molecule has 0 fully saturated rings. The maximum absolute atomic E-state index is 14.3. The van der Waals surface area contributed by atoms with Crippen LogP contribution in [0, 0.1) is 11.6 Å². The third kappa shape index (κ3) is 5.04. The first-order valence-electron chi connectivity index (χ1n) is 7.98. The van der Waals surface area contributed by atoms with Gasteiger partial charge in [0.05, 0.1) is 24.1 Å². The lowest BCUT2D eigenvalue weighted by molar-refractivity contribution is -0.114. The Morgan fingerprint density at radius 3 is 2.56 bits per heavy atom. The lowest BCUT2D eigenvalue weighted by atomic mass is 10.2. The number of carbonyl (C=O) groups excluding carboxylic acids is 1. The van der Waals surface area contributed by atoms with E-state index in [0.717, 1.165) is 22.2 Å². The van der Waals surface area contributed by atoms with Crippen LogP contribution in [0.25, 0.3) is 6.08 Å². The van der Waals surface area contributed by atoms with Gasteiger partial charge in [0.2, 0.25) is 0 Å². The quantitative estimate of drug-likeness (QED) is 0.549. The first-order valence-corrected chi connectivity index (χ1v) is 8.77. The van der Waals surface area contributed by atoms with Crippen LogP contribution >= 0.6 is 15.9 Å². The van der Waals surface area contributed by atoms with Gasteiger partial charge in [0.15, 0.2) is 0 Å². The molecule has 0 saturated carbocycles. The van der Waals surface area contributed by atoms with Gasteiger partial charge in [-0.3, -0.25) is 14.8 Å². The molecule has 0 radical (unpaired) electrons. The first kappa shape index (κ1) is 18.8. The van der Waals surface area contributed by atoms with Crippen molar-refractivity contribution >= 4 is 33.6 Å². The summed E-state index contributed by atoms with van der Waals surface area (Å²) in [4.78, 5) is 22.0. The number of hydrogen-bond donors (Lipinski definition) is 0. The minimum Gasteiger partial charge on any atom is -0.302 e. The molecule has 0 bridgehead atoms. The van der Waals surface area contributed by atoms with Crippen molar-refractivity contribution in [1.29, 1.82) is 0 Å². The van der Waals surface area contributed by atoms with Crippen LogP contribution in [0.2, 0.25) is 0 Å². The Kier molecular flexibility index (Phi) is 6.03. The van der Waals surface area contributed by atoms with E-state index < -0.39 is 17.5 Å². The molecule has 0 aliphatic heterocycles. The van der Waals surface area contributed by atoms with Gasteiger partial charge < -0.3 is 4.90 Å². The number of aromatic nitrogens is 2. The number of hydrogen-bond acceptors (Lipinski definition) is 3. The normalized spacial score (nSPS) is 10.9. The molecule has 1 aromatic heterocycles. The largest absolute Gasteiger partial charge is 0.302 e. The second-order valence-corrected chi connectivity index (χ2v) is 6.53. The molecule has 0 unspecified atom stereocenters. The van der Waals surface area contributed by atoms with Gasteiger partial charge in [-0.15, -0.1) is 0 Å². The van der Waals surface area contributed by atoms with E-state index in [2.05, 4.69) is 25.9 Å². The maximum atomic E-state index is 14.3. The summed E-state index contributed by atoms with van der Waals surface area (Å²) in [5, 5.41) is 0. The molecule has 136 valence electrons. The Bertz CT molecular complexity index is 963. The standard InChI is InChI=1S/C20H14BrF2N3O/c21-15-3-1-14(2-4-15)13-26(19-7-5-16(22)11-18(19)23)20(27)8-6-17-12-24-9-10-25-17/h1-12H,13H2. The van der Waals surface area contributed by atoms with E-state index in [1.54, 1.807) is 0 Å². The zero-order valence-corrected chi connectivity index (χ0v) is 15.6. The molecule has 1 amide bonds. The van der Waals surface area contributed by atoms with Crippen LogP contribution in [0.3, 0.4) is 0 Å². The van der Waals surface area contributed by atoms with Gasteiger partial charge in [0.1, 0.15) is 11.6 Å². The molecule has 0 spiro atoms. The minimum absolute atomic E-state index is 0.00638. The molecule has 0 aliphatic rings. The fraction of sp³-hybridized carbons (Fsp3) is 0.0500. The van der Waals surface area contributed by atoms with E-state index in [1.807, 2.05) is 24.3 Å². The van der Waals surface area contributed by atoms with Crippen molar-refractivity contribution in [3.05, 3.63) is 94.5 Å². The van der Waals surface area contributed by atoms with Gasteiger partial charge in [0, 0.05) is 29.0 Å². The number of rotatable bonds is 5. The first-order chi connectivity index (χ1) is 13.0. The van der Waals surface area contributed by atoms with Gasteiger partial charge in [0.25, 0.3) is 5.91 Å². The highest BCUT2D eigenvalue weighted by Crippen LogP contribution is 2.23. The molecule has 0 atom stereocenters. The number of amides is 1. The predicted octanol–water partition coefficient (Wildman–Crippen LogP) is 4.76. The van der Waals surface area contributed by atoms with Crippen LogP contribution in [-0.2, 0) is 11.3 Å². The number of benzene rings is 2. The average molecular weight is 430 g/mol.